The lowest BCUT2D eigenvalue weighted by Crippen LogP contribution is -2.53. The van der Waals surface area contributed by atoms with Gasteiger partial charge in [0.2, 0.25) is 5.82 Å². The molecular formula is C31H30FN3O5. The fourth-order valence-corrected chi connectivity index (χ4v) is 5.41. The number of piperidine rings is 1. The Morgan fingerprint density at radius 2 is 1.70 bits per heavy atom. The van der Waals surface area contributed by atoms with Gasteiger partial charge in [-0.05, 0) is 42.5 Å². The van der Waals surface area contributed by atoms with Gasteiger partial charge in [-0.1, -0.05) is 79.2 Å². The number of likely N-dealkylation sites (tertiary alicyclic amines) is 1. The highest BCUT2D eigenvalue weighted by atomic mass is 19.1. The zero-order valence-corrected chi connectivity index (χ0v) is 22.1. The van der Waals surface area contributed by atoms with Gasteiger partial charge in [0.05, 0.1) is 0 Å². The maximum absolute atomic E-state index is 14.8. The second-order valence-electron chi connectivity index (χ2n) is 10.2. The van der Waals surface area contributed by atoms with Gasteiger partial charge in [0.1, 0.15) is 5.82 Å². The molecule has 206 valence electrons. The smallest absolute Gasteiger partial charge is 0.321 e. The lowest BCUT2D eigenvalue weighted by molar-refractivity contribution is -0.170. The molecule has 1 unspecified atom stereocenters. The topological polar surface area (TPSA) is 117 Å². The van der Waals surface area contributed by atoms with Crippen molar-refractivity contribution < 1.29 is 28.7 Å². The molecule has 0 aliphatic carbocycles. The van der Waals surface area contributed by atoms with E-state index in [4.69, 9.17) is 4.52 Å². The molecule has 5 rings (SSSR count). The van der Waals surface area contributed by atoms with Crippen LogP contribution in [0, 0.1) is 11.2 Å². The van der Waals surface area contributed by atoms with Crippen molar-refractivity contribution in [3.8, 4) is 34.0 Å². The van der Waals surface area contributed by atoms with Gasteiger partial charge in [0, 0.05) is 35.8 Å². The Hall–Kier alpha value is -4.37. The molecule has 1 aliphatic rings. The number of hydrogen-bond acceptors (Lipinski definition) is 6. The molecule has 1 fully saturated rings. The highest BCUT2D eigenvalue weighted by Crippen LogP contribution is 2.38. The number of halogens is 1. The summed E-state index contributed by atoms with van der Waals surface area (Å²) in [7, 11) is 0. The molecule has 0 spiro atoms. The predicted molar refractivity (Wildman–Crippen MR) is 147 cm³/mol. The first-order valence-electron chi connectivity index (χ1n) is 13.3. The SMILES string of the molecule is CCCC1CC(C(=O)O)(C(=O)O)CCN1Cc1ccc(-c2noc(-c3ccc(-c4ccccc4)c(F)c3)n2)cc1. The minimum atomic E-state index is -1.73. The quantitative estimate of drug-likeness (QED) is 0.242. The normalized spacial score (nSPS) is 17.0. The van der Waals surface area contributed by atoms with E-state index in [1.165, 1.54) is 6.07 Å². The second kappa shape index (κ2) is 11.4. The molecular weight excluding hydrogens is 513 g/mol. The van der Waals surface area contributed by atoms with Crippen molar-refractivity contribution in [1.82, 2.24) is 15.0 Å². The number of carbonyl (C=O) groups is 2. The molecule has 0 radical (unpaired) electrons. The summed E-state index contributed by atoms with van der Waals surface area (Å²) >= 11 is 0. The summed E-state index contributed by atoms with van der Waals surface area (Å²) in [5, 5.41) is 23.4. The van der Waals surface area contributed by atoms with E-state index >= 15 is 0 Å². The van der Waals surface area contributed by atoms with Crippen LogP contribution < -0.4 is 0 Å². The maximum Gasteiger partial charge on any atom is 0.321 e. The fraction of sp³-hybridized carbons (Fsp3) is 0.290. The molecule has 0 bridgehead atoms. The van der Waals surface area contributed by atoms with Crippen LogP contribution in [-0.2, 0) is 16.1 Å². The molecule has 9 heteroatoms. The van der Waals surface area contributed by atoms with E-state index in [0.717, 1.165) is 29.5 Å². The molecule has 1 saturated heterocycles. The Morgan fingerprint density at radius 1 is 1.00 bits per heavy atom. The van der Waals surface area contributed by atoms with Gasteiger partial charge in [0.15, 0.2) is 5.41 Å². The minimum absolute atomic E-state index is 0.0640. The van der Waals surface area contributed by atoms with Crippen LogP contribution in [0.2, 0.25) is 0 Å². The van der Waals surface area contributed by atoms with Crippen LogP contribution in [0.3, 0.4) is 0 Å². The Balaban J connectivity index is 1.29. The highest BCUT2D eigenvalue weighted by Gasteiger charge is 2.51. The van der Waals surface area contributed by atoms with Gasteiger partial charge in [-0.15, -0.1) is 0 Å². The van der Waals surface area contributed by atoms with Crippen LogP contribution in [0.4, 0.5) is 4.39 Å². The summed E-state index contributed by atoms with van der Waals surface area (Å²) in [6.45, 7) is 2.97. The molecule has 1 aliphatic heterocycles. The monoisotopic (exact) mass is 543 g/mol. The van der Waals surface area contributed by atoms with E-state index in [0.29, 0.717) is 30.0 Å². The number of hydrogen-bond donors (Lipinski definition) is 2. The first kappa shape index (κ1) is 27.2. The Bertz CT molecular complexity index is 1490. The molecule has 2 N–H and O–H groups in total. The minimum Gasteiger partial charge on any atom is -0.480 e. The van der Waals surface area contributed by atoms with Crippen molar-refractivity contribution in [3.63, 3.8) is 0 Å². The molecule has 0 saturated carbocycles. The van der Waals surface area contributed by atoms with E-state index in [2.05, 4.69) is 15.0 Å². The first-order valence-corrected chi connectivity index (χ1v) is 13.3. The Morgan fingerprint density at radius 3 is 2.35 bits per heavy atom. The molecule has 40 heavy (non-hydrogen) atoms. The van der Waals surface area contributed by atoms with E-state index in [-0.39, 0.29) is 30.6 Å². The summed E-state index contributed by atoms with van der Waals surface area (Å²) in [6.07, 6.45) is 1.70. The third-order valence-corrected chi connectivity index (χ3v) is 7.69. The predicted octanol–water partition coefficient (Wildman–Crippen LogP) is 6.13. The van der Waals surface area contributed by atoms with Gasteiger partial charge in [0.25, 0.3) is 5.89 Å². The maximum atomic E-state index is 14.8. The van der Waals surface area contributed by atoms with Crippen molar-refractivity contribution in [3.05, 3.63) is 84.2 Å². The van der Waals surface area contributed by atoms with Crippen LogP contribution in [0.15, 0.2) is 77.3 Å². The van der Waals surface area contributed by atoms with Crippen LogP contribution in [0.25, 0.3) is 34.0 Å². The van der Waals surface area contributed by atoms with Gasteiger partial charge in [-0.3, -0.25) is 14.5 Å². The highest BCUT2D eigenvalue weighted by molar-refractivity contribution is 5.98. The summed E-state index contributed by atoms with van der Waals surface area (Å²) in [5.74, 6) is -2.31. The number of rotatable bonds is 9. The largest absolute Gasteiger partial charge is 0.480 e. The molecule has 3 aromatic carbocycles. The van der Waals surface area contributed by atoms with E-state index < -0.39 is 17.4 Å². The Labute approximate surface area is 231 Å². The number of benzene rings is 3. The summed E-state index contributed by atoms with van der Waals surface area (Å²) in [4.78, 5) is 30.3. The van der Waals surface area contributed by atoms with E-state index in [1.807, 2.05) is 61.5 Å². The lowest BCUT2D eigenvalue weighted by Gasteiger charge is -2.42. The summed E-state index contributed by atoms with van der Waals surface area (Å²) in [5.41, 5.74) is 1.77. The zero-order valence-electron chi connectivity index (χ0n) is 22.1. The van der Waals surface area contributed by atoms with Crippen LogP contribution >= 0.6 is 0 Å². The lowest BCUT2D eigenvalue weighted by atomic mass is 9.74. The molecule has 0 amide bonds. The molecule has 8 nitrogen and oxygen atoms in total. The van der Waals surface area contributed by atoms with Gasteiger partial charge >= 0.3 is 11.9 Å². The van der Waals surface area contributed by atoms with Crippen molar-refractivity contribution in [2.75, 3.05) is 6.54 Å². The van der Waals surface area contributed by atoms with Crippen molar-refractivity contribution >= 4 is 11.9 Å². The van der Waals surface area contributed by atoms with E-state index in [9.17, 15) is 24.2 Å². The zero-order chi connectivity index (χ0) is 28.3. The third kappa shape index (κ3) is 5.37. The molecule has 1 aromatic heterocycles. The number of carboxylic acids is 2. The standard InChI is InChI=1S/C31H30FN3O5/c1-2-6-24-18-31(29(36)37,30(38)39)15-16-35(24)19-20-9-11-22(12-10-20)27-33-28(40-34-27)23-13-14-25(26(32)17-23)21-7-4-3-5-8-21/h3-5,7-14,17,24H,2,6,15-16,18-19H2,1H3,(H,36,37)(H,38,39). The Kier molecular flexibility index (Phi) is 7.75. The average molecular weight is 544 g/mol. The average Bonchev–Trinajstić information content (AvgIpc) is 3.45. The number of aliphatic carboxylic acids is 2. The number of aromatic nitrogens is 2. The van der Waals surface area contributed by atoms with E-state index in [1.54, 1.807) is 12.1 Å². The summed E-state index contributed by atoms with van der Waals surface area (Å²) in [6, 6.07) is 21.6. The van der Waals surface area contributed by atoms with Crippen molar-refractivity contribution in [2.24, 2.45) is 5.41 Å². The van der Waals surface area contributed by atoms with Gasteiger partial charge < -0.3 is 14.7 Å². The third-order valence-electron chi connectivity index (χ3n) is 7.69. The van der Waals surface area contributed by atoms with Crippen molar-refractivity contribution in [2.45, 2.75) is 45.2 Å². The van der Waals surface area contributed by atoms with Gasteiger partial charge in [-0.2, -0.15) is 4.98 Å². The fourth-order valence-electron chi connectivity index (χ4n) is 5.41. The van der Waals surface area contributed by atoms with Crippen LogP contribution in [-0.4, -0.2) is 49.8 Å². The molecule has 1 atom stereocenters. The van der Waals surface area contributed by atoms with Crippen LogP contribution in [0.1, 0.15) is 38.2 Å². The van der Waals surface area contributed by atoms with Crippen molar-refractivity contribution in [1.29, 1.82) is 0 Å². The summed E-state index contributed by atoms with van der Waals surface area (Å²) < 4.78 is 20.3. The van der Waals surface area contributed by atoms with Gasteiger partial charge in [-0.25, -0.2) is 4.39 Å². The first-order chi connectivity index (χ1) is 19.3. The molecule has 4 aromatic rings. The second-order valence-corrected chi connectivity index (χ2v) is 10.2. The number of nitrogens with zero attached hydrogens (tertiary/aromatic N) is 3. The van der Waals surface area contributed by atoms with Crippen LogP contribution in [0.5, 0.6) is 0 Å². The number of carboxylic acid groups (broad SMARTS) is 2. The molecule has 2 heterocycles.